The van der Waals surface area contributed by atoms with Crippen LogP contribution in [-0.4, -0.2) is 16.6 Å². The van der Waals surface area contributed by atoms with E-state index in [1.54, 1.807) is 0 Å². The van der Waals surface area contributed by atoms with E-state index in [-0.39, 0.29) is 0 Å². The van der Waals surface area contributed by atoms with Crippen molar-refractivity contribution in [1.82, 2.24) is 10.6 Å². The molecule has 1 aromatic carbocycles. The second-order valence-corrected chi connectivity index (χ2v) is 4.25. The summed E-state index contributed by atoms with van der Waals surface area (Å²) in [6.45, 7) is 3.03. The summed E-state index contributed by atoms with van der Waals surface area (Å²) in [6.07, 6.45) is 2.26. The first kappa shape index (κ1) is 13.1. The first-order chi connectivity index (χ1) is 7.74. The molecule has 0 saturated heterocycles. The van der Waals surface area contributed by atoms with Crippen LogP contribution in [0.2, 0.25) is 0 Å². The summed E-state index contributed by atoms with van der Waals surface area (Å²) in [5.74, 6) is 0. The topological polar surface area (TPSA) is 24.1 Å². The average Bonchev–Trinajstić information content (AvgIpc) is 2.30. The molecular weight excluding hydrogens is 236 g/mol. The lowest BCUT2D eigenvalue weighted by atomic mass is 10.2. The summed E-state index contributed by atoms with van der Waals surface area (Å²) in [7, 11) is 0. The number of nitrogens with one attached hydrogen (secondary N) is 2. The zero-order valence-corrected chi connectivity index (χ0v) is 11.0. The number of hydrogen-bond acceptors (Lipinski definition) is 2. The number of hydrogen-bond donors (Lipinski definition) is 2. The fourth-order valence-corrected chi connectivity index (χ4v) is 1.69. The molecule has 1 aromatic rings. The monoisotopic (exact) mass is 252 g/mol. The van der Waals surface area contributed by atoms with Gasteiger partial charge in [0, 0.05) is 12.1 Å². The minimum Gasteiger partial charge on any atom is -0.362 e. The van der Waals surface area contributed by atoms with Crippen LogP contribution < -0.4 is 10.6 Å². The largest absolute Gasteiger partial charge is 0.362 e. The fraction of sp³-hybridized carbons (Fsp3) is 0.333. The van der Waals surface area contributed by atoms with Crippen molar-refractivity contribution in [2.75, 3.05) is 6.54 Å². The van der Waals surface area contributed by atoms with Crippen molar-refractivity contribution in [3.05, 3.63) is 35.9 Å². The Hall–Kier alpha value is -1.00. The fourth-order valence-electron chi connectivity index (χ4n) is 1.19. The predicted molar refractivity (Wildman–Crippen MR) is 76.8 cm³/mol. The maximum atomic E-state index is 5.24. The van der Waals surface area contributed by atoms with Gasteiger partial charge in [0.15, 0.2) is 5.11 Å². The lowest BCUT2D eigenvalue weighted by Crippen LogP contribution is -2.39. The Morgan fingerprint density at radius 1 is 1.19 bits per heavy atom. The standard InChI is InChI=1S/C12H16N2S2/c1-2-3-9-13-12(16)14-11(15)10-7-5-4-6-8-10/h4-8H,2-3,9H2,1H3,(H2,13,14,15,16). The van der Waals surface area contributed by atoms with Gasteiger partial charge in [0.2, 0.25) is 0 Å². The molecule has 0 saturated carbocycles. The van der Waals surface area contributed by atoms with Crippen molar-refractivity contribution >= 4 is 34.5 Å². The van der Waals surface area contributed by atoms with Gasteiger partial charge in [-0.2, -0.15) is 0 Å². The van der Waals surface area contributed by atoms with Crippen LogP contribution in [0, 0.1) is 0 Å². The summed E-state index contributed by atoms with van der Waals surface area (Å²) >= 11 is 10.4. The highest BCUT2D eigenvalue weighted by atomic mass is 32.1. The molecule has 0 aromatic heterocycles. The molecule has 0 amide bonds. The van der Waals surface area contributed by atoms with Crippen molar-refractivity contribution < 1.29 is 0 Å². The van der Waals surface area contributed by atoms with Crippen LogP contribution >= 0.6 is 24.4 Å². The zero-order valence-electron chi connectivity index (χ0n) is 9.32. The molecule has 0 atom stereocenters. The van der Waals surface area contributed by atoms with Gasteiger partial charge in [-0.1, -0.05) is 55.9 Å². The third-order valence-corrected chi connectivity index (χ3v) is 2.66. The van der Waals surface area contributed by atoms with Crippen molar-refractivity contribution in [1.29, 1.82) is 0 Å². The molecule has 0 aliphatic carbocycles. The van der Waals surface area contributed by atoms with Gasteiger partial charge in [0.25, 0.3) is 0 Å². The van der Waals surface area contributed by atoms with Crippen molar-refractivity contribution in [3.63, 3.8) is 0 Å². The van der Waals surface area contributed by atoms with E-state index < -0.39 is 0 Å². The molecule has 0 heterocycles. The first-order valence-corrected chi connectivity index (χ1v) is 6.20. The van der Waals surface area contributed by atoms with Crippen LogP contribution in [0.1, 0.15) is 25.3 Å². The first-order valence-electron chi connectivity index (χ1n) is 5.38. The van der Waals surface area contributed by atoms with Crippen LogP contribution in [0.15, 0.2) is 30.3 Å². The summed E-state index contributed by atoms with van der Waals surface area (Å²) < 4.78 is 0. The Balaban J connectivity index is 2.37. The highest BCUT2D eigenvalue weighted by Crippen LogP contribution is 1.98. The van der Waals surface area contributed by atoms with Gasteiger partial charge in [-0.05, 0) is 18.6 Å². The third-order valence-electron chi connectivity index (χ3n) is 2.08. The molecule has 16 heavy (non-hydrogen) atoms. The lowest BCUT2D eigenvalue weighted by molar-refractivity contribution is 0.753. The van der Waals surface area contributed by atoms with E-state index in [0.717, 1.165) is 24.9 Å². The number of benzene rings is 1. The molecule has 0 aliphatic heterocycles. The molecule has 2 N–H and O–H groups in total. The quantitative estimate of drug-likeness (QED) is 0.635. The van der Waals surface area contributed by atoms with Crippen LogP contribution in [0.3, 0.4) is 0 Å². The lowest BCUT2D eigenvalue weighted by Gasteiger charge is -2.10. The highest BCUT2D eigenvalue weighted by Gasteiger charge is 2.01. The average molecular weight is 252 g/mol. The minimum absolute atomic E-state index is 0.599. The van der Waals surface area contributed by atoms with E-state index in [4.69, 9.17) is 24.4 Å². The van der Waals surface area contributed by atoms with E-state index in [9.17, 15) is 0 Å². The van der Waals surface area contributed by atoms with E-state index in [1.807, 2.05) is 30.3 Å². The molecule has 0 fully saturated rings. The van der Waals surface area contributed by atoms with E-state index in [2.05, 4.69) is 17.6 Å². The minimum atomic E-state index is 0.599. The van der Waals surface area contributed by atoms with Gasteiger partial charge in [-0.3, -0.25) is 0 Å². The van der Waals surface area contributed by atoms with Crippen molar-refractivity contribution in [2.45, 2.75) is 19.8 Å². The number of rotatable bonds is 4. The second-order valence-electron chi connectivity index (χ2n) is 3.43. The summed E-state index contributed by atoms with van der Waals surface area (Å²) in [5.41, 5.74) is 0.983. The Labute approximate surface area is 107 Å². The molecular formula is C12H16N2S2. The van der Waals surface area contributed by atoms with E-state index >= 15 is 0 Å². The third kappa shape index (κ3) is 4.68. The molecule has 2 nitrogen and oxygen atoms in total. The van der Waals surface area contributed by atoms with Crippen molar-refractivity contribution in [2.24, 2.45) is 0 Å². The molecule has 0 unspecified atom stereocenters. The predicted octanol–water partition coefficient (Wildman–Crippen LogP) is 2.63. The Morgan fingerprint density at radius 3 is 2.50 bits per heavy atom. The van der Waals surface area contributed by atoms with Crippen LogP contribution in [0.25, 0.3) is 0 Å². The van der Waals surface area contributed by atoms with Gasteiger partial charge in [0.05, 0.1) is 0 Å². The maximum absolute atomic E-state index is 5.24. The maximum Gasteiger partial charge on any atom is 0.171 e. The van der Waals surface area contributed by atoms with Gasteiger partial charge in [-0.25, -0.2) is 0 Å². The van der Waals surface area contributed by atoms with Crippen LogP contribution in [-0.2, 0) is 0 Å². The number of unbranched alkanes of at least 4 members (excludes halogenated alkanes) is 1. The Morgan fingerprint density at radius 2 is 1.88 bits per heavy atom. The molecule has 0 radical (unpaired) electrons. The summed E-state index contributed by atoms with van der Waals surface area (Å²) in [5, 5.41) is 6.72. The smallest absolute Gasteiger partial charge is 0.171 e. The second kappa shape index (κ2) is 7.30. The van der Waals surface area contributed by atoms with Crippen molar-refractivity contribution in [3.8, 4) is 0 Å². The Kier molecular flexibility index (Phi) is 5.96. The van der Waals surface area contributed by atoms with Crippen LogP contribution in [0.5, 0.6) is 0 Å². The molecule has 0 bridgehead atoms. The summed E-state index contributed by atoms with van der Waals surface area (Å²) in [4.78, 5) is 0.662. The van der Waals surface area contributed by atoms with Crippen LogP contribution in [0.4, 0.5) is 0 Å². The van der Waals surface area contributed by atoms with E-state index in [1.165, 1.54) is 0 Å². The molecule has 0 spiro atoms. The SMILES string of the molecule is CCCCNC(=S)NC(=S)c1ccccc1. The summed E-state index contributed by atoms with van der Waals surface area (Å²) in [6, 6.07) is 9.80. The van der Waals surface area contributed by atoms with Gasteiger partial charge in [0.1, 0.15) is 4.99 Å². The van der Waals surface area contributed by atoms with Gasteiger partial charge >= 0.3 is 0 Å². The molecule has 0 aliphatic rings. The Bertz CT molecular complexity index is 349. The van der Waals surface area contributed by atoms with Gasteiger partial charge < -0.3 is 10.6 Å². The zero-order chi connectivity index (χ0) is 11.8. The molecule has 4 heteroatoms. The molecule has 1 rings (SSSR count). The van der Waals surface area contributed by atoms with E-state index in [0.29, 0.717) is 10.1 Å². The van der Waals surface area contributed by atoms with Gasteiger partial charge in [-0.15, -0.1) is 0 Å². The normalized spacial score (nSPS) is 9.56. The highest BCUT2D eigenvalue weighted by molar-refractivity contribution is 7.82. The molecule has 86 valence electrons. The number of thiocarbonyl (C=S) groups is 2.